The zero-order chi connectivity index (χ0) is 43.5. The van der Waals surface area contributed by atoms with E-state index in [0.29, 0.717) is 40.5 Å². The standard InChI is InChI=1S/C46H54FN7O8/c1-3-62-39-23-29(9-11-38(39)61-2)26-54-44(58)32-7-6-8-36(42(32)46(54)60)48-41(56)28-52-21-19-51(20-22-52)16-5-4-15-50-17-13-30(14-18-50)33-24-31-27-53(45(59)34(31)25-35(33)47)37-10-12-40(55)49-43(37)57/h6-9,11,23-25,30,37H,3-5,10,12-22,26-28H2,1-2H3,(H,48,56)(H,49,55,57). The van der Waals surface area contributed by atoms with E-state index in [4.69, 9.17) is 9.47 Å². The highest BCUT2D eigenvalue weighted by Gasteiger charge is 2.41. The molecule has 16 heteroatoms. The summed E-state index contributed by atoms with van der Waals surface area (Å²) in [6, 6.07) is 12.7. The Morgan fingerprint density at radius 3 is 2.26 bits per heavy atom. The van der Waals surface area contributed by atoms with Gasteiger partial charge in [0.1, 0.15) is 11.9 Å². The van der Waals surface area contributed by atoms with E-state index in [0.717, 1.165) is 83.6 Å². The first-order valence-corrected chi connectivity index (χ1v) is 21.7. The molecule has 3 saturated heterocycles. The third kappa shape index (κ3) is 9.08. The Morgan fingerprint density at radius 1 is 0.823 bits per heavy atom. The molecule has 0 bridgehead atoms. The van der Waals surface area contributed by atoms with Crippen LogP contribution in [-0.4, -0.2) is 139 Å². The summed E-state index contributed by atoms with van der Waals surface area (Å²) >= 11 is 0. The van der Waals surface area contributed by atoms with Crippen molar-refractivity contribution in [1.29, 1.82) is 0 Å². The number of piperidine rings is 2. The molecular formula is C46H54FN7O8. The fraction of sp³-hybridized carbons (Fsp3) is 0.478. The molecule has 5 aliphatic rings. The number of hydrogen-bond acceptors (Lipinski definition) is 11. The van der Waals surface area contributed by atoms with Gasteiger partial charge in [-0.05, 0) is 118 Å². The van der Waals surface area contributed by atoms with Gasteiger partial charge in [-0.1, -0.05) is 18.2 Å². The number of carbonyl (C=O) groups excluding carboxylic acids is 6. The molecule has 0 radical (unpaired) electrons. The SMILES string of the molecule is CCOc1cc(CN2C(=O)c3cccc(NC(=O)CN4CCN(CCCCN5CCC(c6cc7c(cc6F)C(=O)N(C6CCC(=O)NC6=O)C7)CC5)CC4)c3C2=O)ccc1OC. The molecule has 8 rings (SSSR count). The van der Waals surface area contributed by atoms with E-state index in [-0.39, 0.29) is 73.1 Å². The van der Waals surface area contributed by atoms with Gasteiger partial charge in [-0.15, -0.1) is 0 Å². The fourth-order valence-corrected chi connectivity index (χ4v) is 9.48. The van der Waals surface area contributed by atoms with Crippen LogP contribution in [0.15, 0.2) is 48.5 Å². The number of ether oxygens (including phenoxy) is 2. The quantitative estimate of drug-likeness (QED) is 0.168. The summed E-state index contributed by atoms with van der Waals surface area (Å²) in [6.45, 7) is 9.64. The van der Waals surface area contributed by atoms with Crippen LogP contribution in [0.1, 0.15) is 99.1 Å². The van der Waals surface area contributed by atoms with Crippen LogP contribution in [0.2, 0.25) is 0 Å². The number of carbonyl (C=O) groups is 6. The molecule has 1 unspecified atom stereocenters. The van der Waals surface area contributed by atoms with Crippen molar-refractivity contribution in [3.63, 3.8) is 0 Å². The molecule has 3 fully saturated rings. The predicted octanol–water partition coefficient (Wildman–Crippen LogP) is 4.01. The summed E-state index contributed by atoms with van der Waals surface area (Å²) in [4.78, 5) is 87.0. The van der Waals surface area contributed by atoms with Gasteiger partial charge in [-0.2, -0.15) is 0 Å². The van der Waals surface area contributed by atoms with Gasteiger partial charge in [0.2, 0.25) is 17.7 Å². The van der Waals surface area contributed by atoms with Gasteiger partial charge in [0, 0.05) is 44.7 Å². The van der Waals surface area contributed by atoms with E-state index >= 15 is 4.39 Å². The lowest BCUT2D eigenvalue weighted by Gasteiger charge is -2.35. The number of anilines is 1. The number of hydrogen-bond donors (Lipinski definition) is 2. The van der Waals surface area contributed by atoms with Crippen molar-refractivity contribution >= 4 is 41.1 Å². The van der Waals surface area contributed by atoms with E-state index in [1.807, 2.05) is 13.0 Å². The summed E-state index contributed by atoms with van der Waals surface area (Å²) in [6.07, 6.45) is 4.21. The maximum absolute atomic E-state index is 15.4. The van der Waals surface area contributed by atoms with E-state index < -0.39 is 23.8 Å². The number of amides is 6. The third-order valence-corrected chi connectivity index (χ3v) is 12.8. The van der Waals surface area contributed by atoms with Crippen LogP contribution in [0, 0.1) is 5.82 Å². The van der Waals surface area contributed by atoms with E-state index in [2.05, 4.69) is 25.3 Å². The summed E-state index contributed by atoms with van der Waals surface area (Å²) in [5.74, 6) is -1.51. The van der Waals surface area contributed by atoms with Crippen molar-refractivity contribution < 1.29 is 42.6 Å². The monoisotopic (exact) mass is 851 g/mol. The zero-order valence-electron chi connectivity index (χ0n) is 35.4. The number of rotatable bonds is 15. The molecule has 0 aromatic heterocycles. The molecule has 6 amide bonds. The van der Waals surface area contributed by atoms with Crippen molar-refractivity contribution in [3.8, 4) is 11.5 Å². The van der Waals surface area contributed by atoms with Gasteiger partial charge in [-0.25, -0.2) is 4.39 Å². The Hall–Kier alpha value is -5.71. The highest BCUT2D eigenvalue weighted by atomic mass is 19.1. The van der Waals surface area contributed by atoms with Crippen LogP contribution >= 0.6 is 0 Å². The zero-order valence-corrected chi connectivity index (χ0v) is 35.4. The number of likely N-dealkylation sites (tertiary alicyclic amines) is 1. The Labute approximate surface area is 360 Å². The fourth-order valence-electron chi connectivity index (χ4n) is 9.48. The van der Waals surface area contributed by atoms with Gasteiger partial charge < -0.3 is 29.5 Å². The van der Waals surface area contributed by atoms with Gasteiger partial charge in [-0.3, -0.25) is 43.9 Å². The summed E-state index contributed by atoms with van der Waals surface area (Å²) < 4.78 is 26.4. The largest absolute Gasteiger partial charge is 0.493 e. The molecule has 2 N–H and O–H groups in total. The van der Waals surface area contributed by atoms with Crippen LogP contribution in [0.3, 0.4) is 0 Å². The van der Waals surface area contributed by atoms with Crippen LogP contribution < -0.4 is 20.1 Å². The maximum Gasteiger partial charge on any atom is 0.263 e. The van der Waals surface area contributed by atoms with Crippen molar-refractivity contribution in [2.24, 2.45) is 0 Å². The second-order valence-corrected chi connectivity index (χ2v) is 16.8. The number of unbranched alkanes of at least 4 members (excludes halogenated alkanes) is 1. The molecule has 15 nitrogen and oxygen atoms in total. The topological polar surface area (TPSA) is 161 Å². The van der Waals surface area contributed by atoms with E-state index in [1.165, 1.54) is 15.9 Å². The van der Waals surface area contributed by atoms with Crippen LogP contribution in [0.4, 0.5) is 10.1 Å². The maximum atomic E-state index is 15.4. The average Bonchev–Trinajstić information content (AvgIpc) is 3.70. The minimum Gasteiger partial charge on any atom is -0.493 e. The molecule has 5 heterocycles. The molecule has 3 aromatic rings. The van der Waals surface area contributed by atoms with Crippen molar-refractivity contribution in [2.45, 2.75) is 70.5 Å². The third-order valence-electron chi connectivity index (χ3n) is 12.8. The number of halogens is 1. The molecule has 0 aliphatic carbocycles. The van der Waals surface area contributed by atoms with Crippen molar-refractivity contribution in [2.75, 3.05) is 77.9 Å². The van der Waals surface area contributed by atoms with Gasteiger partial charge in [0.15, 0.2) is 11.5 Å². The molecule has 62 heavy (non-hydrogen) atoms. The first-order valence-electron chi connectivity index (χ1n) is 21.7. The number of piperazine rings is 1. The Balaban J connectivity index is 0.740. The molecule has 1 atom stereocenters. The number of methoxy groups -OCH3 is 1. The predicted molar refractivity (Wildman–Crippen MR) is 226 cm³/mol. The molecule has 3 aromatic carbocycles. The summed E-state index contributed by atoms with van der Waals surface area (Å²) in [7, 11) is 1.55. The highest BCUT2D eigenvalue weighted by Crippen LogP contribution is 2.36. The molecule has 328 valence electrons. The highest BCUT2D eigenvalue weighted by molar-refractivity contribution is 6.24. The summed E-state index contributed by atoms with van der Waals surface area (Å²) in [5, 5.41) is 5.21. The second-order valence-electron chi connectivity index (χ2n) is 16.8. The number of imide groups is 2. The van der Waals surface area contributed by atoms with Gasteiger partial charge in [0.25, 0.3) is 17.7 Å². The van der Waals surface area contributed by atoms with Crippen LogP contribution in [0.5, 0.6) is 11.5 Å². The van der Waals surface area contributed by atoms with E-state index in [1.54, 1.807) is 43.5 Å². The molecule has 0 spiro atoms. The lowest BCUT2D eigenvalue weighted by atomic mass is 9.87. The number of fused-ring (bicyclic) bond motifs is 2. The minimum absolute atomic E-state index is 0.0507. The number of nitrogens with one attached hydrogen (secondary N) is 2. The minimum atomic E-state index is -0.723. The molecular weight excluding hydrogens is 798 g/mol. The van der Waals surface area contributed by atoms with E-state index in [9.17, 15) is 28.8 Å². The number of nitrogens with zero attached hydrogens (tertiary/aromatic N) is 5. The van der Waals surface area contributed by atoms with Crippen LogP contribution in [0.25, 0.3) is 0 Å². The lowest BCUT2D eigenvalue weighted by molar-refractivity contribution is -0.137. The first kappa shape index (κ1) is 43.0. The Morgan fingerprint density at radius 2 is 1.55 bits per heavy atom. The lowest BCUT2D eigenvalue weighted by Crippen LogP contribution is -2.52. The Kier molecular flexibility index (Phi) is 13.0. The molecule has 0 saturated carbocycles. The second kappa shape index (κ2) is 18.7. The van der Waals surface area contributed by atoms with Gasteiger partial charge in [0.05, 0.1) is 43.6 Å². The summed E-state index contributed by atoms with van der Waals surface area (Å²) in [5.41, 5.74) is 3.18. The van der Waals surface area contributed by atoms with Crippen LogP contribution in [-0.2, 0) is 27.5 Å². The smallest absolute Gasteiger partial charge is 0.263 e. The molecule has 5 aliphatic heterocycles. The van der Waals surface area contributed by atoms with Gasteiger partial charge >= 0.3 is 0 Å². The normalized spacial score (nSPS) is 20.1. The first-order chi connectivity index (χ1) is 30.0. The number of benzene rings is 3. The Bertz CT molecular complexity index is 2250. The van der Waals surface area contributed by atoms with Crippen molar-refractivity contribution in [1.82, 2.24) is 29.8 Å². The average molecular weight is 852 g/mol. The van der Waals surface area contributed by atoms with Crippen molar-refractivity contribution in [3.05, 3.63) is 87.7 Å².